The molecule has 2 aromatic heterocycles. The molecule has 0 aromatic carbocycles. The van der Waals surface area contributed by atoms with Gasteiger partial charge in [-0.15, -0.1) is 0 Å². The van der Waals surface area contributed by atoms with Crippen LogP contribution in [0.3, 0.4) is 0 Å². The van der Waals surface area contributed by atoms with Gasteiger partial charge in [0, 0.05) is 13.8 Å². The van der Waals surface area contributed by atoms with Crippen molar-refractivity contribution < 1.29 is 47.7 Å². The second-order valence-electron chi connectivity index (χ2n) is 12.7. The summed E-state index contributed by atoms with van der Waals surface area (Å²) in [5.41, 5.74) is -6.55. The number of aromatic nitrogens is 4. The second-order valence-corrected chi connectivity index (χ2v) is 12.7. The van der Waals surface area contributed by atoms with Gasteiger partial charge in [-0.2, -0.15) is 9.47 Å². The number of rotatable bonds is 6. The smallest absolute Gasteiger partial charge is 0.425 e. The molecule has 0 saturated carbocycles. The molecule has 1 unspecified atom stereocenters. The highest BCUT2D eigenvalue weighted by Crippen LogP contribution is 2.25. The predicted molar refractivity (Wildman–Crippen MR) is 157 cm³/mol. The molecule has 0 N–H and O–H groups in total. The van der Waals surface area contributed by atoms with Gasteiger partial charge in [-0.25, -0.2) is 29.1 Å². The summed E-state index contributed by atoms with van der Waals surface area (Å²) in [5.74, 6) is -2.22. The Kier molecular flexibility index (Phi) is 10.9. The normalized spacial score (nSPS) is 12.6. The van der Waals surface area contributed by atoms with Crippen LogP contribution in [0.4, 0.5) is 20.2 Å². The van der Waals surface area contributed by atoms with Gasteiger partial charge in [0.15, 0.2) is 17.6 Å². The van der Waals surface area contributed by atoms with E-state index in [1.165, 1.54) is 62.3 Å². The van der Waals surface area contributed by atoms with Crippen LogP contribution in [0.5, 0.6) is 0 Å². The van der Waals surface area contributed by atoms with E-state index in [-0.39, 0.29) is 4.57 Å². The largest absolute Gasteiger partial charge is 0.462 e. The summed E-state index contributed by atoms with van der Waals surface area (Å²) in [4.78, 5) is 99.4. The fourth-order valence-electron chi connectivity index (χ4n) is 3.61. The average Bonchev–Trinajstić information content (AvgIpc) is 2.81. The molecule has 0 fully saturated rings. The summed E-state index contributed by atoms with van der Waals surface area (Å²) in [6, 6.07) is 0. The third-order valence-electron chi connectivity index (χ3n) is 5.03. The molecule has 2 heterocycles. The zero-order chi connectivity index (χ0) is 34.7. The standard InChI is InChI=1S/C28H39N5O12/c1-15(34)41-13-17(42-16(2)35)12-31-19-18(21(36)33(22(31)37)25(40)45-28(9,10)11)20(30-14-29-19)32(23(38)43-26(3,4)5)24(39)44-27(6,7)8/h14,17H,12-13H2,1-11H3. The Labute approximate surface area is 258 Å². The lowest BCUT2D eigenvalue weighted by Gasteiger charge is -2.28. The molecular formula is C28H39N5O12. The number of nitrogens with zero attached hydrogens (tertiary/aromatic N) is 5. The van der Waals surface area contributed by atoms with Gasteiger partial charge in [0.05, 0.1) is 6.54 Å². The molecule has 0 bridgehead atoms. The molecule has 0 radical (unpaired) electrons. The van der Waals surface area contributed by atoms with E-state index in [0.717, 1.165) is 24.7 Å². The zero-order valence-corrected chi connectivity index (χ0v) is 27.2. The van der Waals surface area contributed by atoms with E-state index < -0.39 is 94.4 Å². The molecule has 2 amide bonds. The summed E-state index contributed by atoms with van der Waals surface area (Å²) < 4.78 is 27.1. The number of carbonyl (C=O) groups is 5. The highest BCUT2D eigenvalue weighted by atomic mass is 16.6. The molecule has 2 rings (SSSR count). The Morgan fingerprint density at radius 2 is 1.31 bits per heavy atom. The van der Waals surface area contributed by atoms with Crippen molar-refractivity contribution in [1.29, 1.82) is 0 Å². The van der Waals surface area contributed by atoms with Crippen molar-refractivity contribution in [3.8, 4) is 0 Å². The van der Waals surface area contributed by atoms with Crippen molar-refractivity contribution in [2.24, 2.45) is 0 Å². The molecule has 45 heavy (non-hydrogen) atoms. The second kappa shape index (κ2) is 13.4. The average molecular weight is 638 g/mol. The van der Waals surface area contributed by atoms with E-state index in [0.29, 0.717) is 4.90 Å². The lowest BCUT2D eigenvalue weighted by atomic mass is 10.2. The number of fused-ring (bicyclic) bond motifs is 1. The van der Waals surface area contributed by atoms with Crippen LogP contribution in [0.2, 0.25) is 0 Å². The van der Waals surface area contributed by atoms with E-state index in [9.17, 15) is 33.6 Å². The Bertz CT molecular complexity index is 1580. The number of esters is 2. The molecule has 0 spiro atoms. The number of imide groups is 1. The van der Waals surface area contributed by atoms with Gasteiger partial charge in [-0.05, 0) is 62.3 Å². The van der Waals surface area contributed by atoms with Crippen LogP contribution in [0.25, 0.3) is 11.0 Å². The van der Waals surface area contributed by atoms with Crippen LogP contribution < -0.4 is 16.1 Å². The Morgan fingerprint density at radius 3 is 1.76 bits per heavy atom. The van der Waals surface area contributed by atoms with Crippen molar-refractivity contribution in [1.82, 2.24) is 19.1 Å². The van der Waals surface area contributed by atoms with Crippen LogP contribution in [-0.2, 0) is 39.8 Å². The Hall–Kier alpha value is -4.83. The Morgan fingerprint density at radius 1 is 0.800 bits per heavy atom. The molecule has 1 atom stereocenters. The summed E-state index contributed by atoms with van der Waals surface area (Å²) in [7, 11) is 0. The number of anilines is 1. The molecule has 17 nitrogen and oxygen atoms in total. The summed E-state index contributed by atoms with van der Waals surface area (Å²) >= 11 is 0. The lowest BCUT2D eigenvalue weighted by molar-refractivity contribution is -0.157. The van der Waals surface area contributed by atoms with Gasteiger partial charge in [-0.1, -0.05) is 0 Å². The molecule has 0 saturated heterocycles. The molecule has 2 aromatic rings. The van der Waals surface area contributed by atoms with Crippen molar-refractivity contribution in [3.63, 3.8) is 0 Å². The van der Waals surface area contributed by atoms with E-state index >= 15 is 0 Å². The van der Waals surface area contributed by atoms with E-state index in [1.54, 1.807) is 0 Å². The number of ether oxygens (including phenoxy) is 5. The van der Waals surface area contributed by atoms with E-state index in [4.69, 9.17) is 23.7 Å². The van der Waals surface area contributed by atoms with E-state index in [2.05, 4.69) is 9.97 Å². The number of amides is 2. The first-order valence-electron chi connectivity index (χ1n) is 13.7. The summed E-state index contributed by atoms with van der Waals surface area (Å²) in [6.45, 7) is 14.7. The highest BCUT2D eigenvalue weighted by Gasteiger charge is 2.37. The minimum absolute atomic E-state index is 0.111. The molecule has 0 aliphatic heterocycles. The fourth-order valence-corrected chi connectivity index (χ4v) is 3.61. The van der Waals surface area contributed by atoms with Crippen LogP contribution in [0.15, 0.2) is 15.9 Å². The first-order chi connectivity index (χ1) is 20.4. The minimum atomic E-state index is -1.41. The minimum Gasteiger partial charge on any atom is -0.462 e. The topological polar surface area (TPSA) is 205 Å². The van der Waals surface area contributed by atoms with Crippen molar-refractivity contribution in [2.45, 2.75) is 106 Å². The molecule has 0 aliphatic carbocycles. The van der Waals surface area contributed by atoms with Gasteiger partial charge in [0.2, 0.25) is 0 Å². The highest BCUT2D eigenvalue weighted by molar-refractivity contribution is 6.13. The quantitative estimate of drug-likeness (QED) is 0.330. The zero-order valence-electron chi connectivity index (χ0n) is 27.2. The van der Waals surface area contributed by atoms with E-state index in [1.807, 2.05) is 0 Å². The monoisotopic (exact) mass is 637 g/mol. The van der Waals surface area contributed by atoms with Gasteiger partial charge in [0.1, 0.15) is 35.1 Å². The fraction of sp³-hybridized carbons (Fsp3) is 0.607. The van der Waals surface area contributed by atoms with Crippen molar-refractivity contribution >= 4 is 47.1 Å². The molecule has 0 aliphatic rings. The van der Waals surface area contributed by atoms with Crippen molar-refractivity contribution in [3.05, 3.63) is 27.2 Å². The lowest BCUT2D eigenvalue weighted by Crippen LogP contribution is -2.49. The van der Waals surface area contributed by atoms with Crippen LogP contribution >= 0.6 is 0 Å². The third-order valence-corrected chi connectivity index (χ3v) is 5.03. The third kappa shape index (κ3) is 10.1. The van der Waals surface area contributed by atoms with Gasteiger partial charge in [-0.3, -0.25) is 19.0 Å². The SMILES string of the molecule is CC(=O)OCC(Cn1c(=O)n(C(=O)OC(C)(C)C)c(=O)c2c(N(C(=O)OC(C)(C)C)C(=O)OC(C)(C)C)ncnc21)OC(C)=O. The summed E-state index contributed by atoms with van der Waals surface area (Å²) in [6.07, 6.45) is -4.48. The van der Waals surface area contributed by atoms with Gasteiger partial charge < -0.3 is 23.7 Å². The summed E-state index contributed by atoms with van der Waals surface area (Å²) in [5, 5.41) is -0.672. The first-order valence-corrected chi connectivity index (χ1v) is 13.7. The maximum absolute atomic E-state index is 13.9. The van der Waals surface area contributed by atoms with Crippen molar-refractivity contribution in [2.75, 3.05) is 11.5 Å². The van der Waals surface area contributed by atoms with Crippen LogP contribution in [0.1, 0.15) is 76.2 Å². The van der Waals surface area contributed by atoms with Crippen LogP contribution in [-0.4, -0.2) is 78.8 Å². The molecule has 248 valence electrons. The molecular weight excluding hydrogens is 598 g/mol. The maximum Gasteiger partial charge on any atom is 0.425 e. The number of hydrogen-bond acceptors (Lipinski definition) is 14. The van der Waals surface area contributed by atoms with Gasteiger partial charge in [0.25, 0.3) is 5.56 Å². The maximum atomic E-state index is 13.9. The first kappa shape index (κ1) is 36.4. The number of hydrogen-bond donors (Lipinski definition) is 0. The van der Waals surface area contributed by atoms with Crippen LogP contribution in [0, 0.1) is 0 Å². The predicted octanol–water partition coefficient (Wildman–Crippen LogP) is 2.91. The Balaban J connectivity index is 3.06. The number of carbonyl (C=O) groups excluding carboxylic acids is 5. The van der Waals surface area contributed by atoms with Gasteiger partial charge >= 0.3 is 35.9 Å². The molecule has 17 heteroatoms.